The van der Waals surface area contributed by atoms with E-state index in [1.165, 1.54) is 21.1 Å². The molecule has 0 aliphatic heterocycles. The van der Waals surface area contributed by atoms with Gasteiger partial charge in [0.05, 0.1) is 26.1 Å². The summed E-state index contributed by atoms with van der Waals surface area (Å²) < 4.78 is 9.51. The van der Waals surface area contributed by atoms with Crippen LogP contribution >= 0.6 is 0 Å². The highest BCUT2D eigenvalue weighted by Crippen LogP contribution is 2.48. The quantitative estimate of drug-likeness (QED) is 0.626. The Kier molecular flexibility index (Phi) is 4.40. The molecule has 5 nitrogen and oxygen atoms in total. The number of esters is 2. The molecular formula is C16H18O5. The van der Waals surface area contributed by atoms with Crippen LogP contribution < -0.4 is 0 Å². The molecule has 112 valence electrons. The highest BCUT2D eigenvalue weighted by Gasteiger charge is 2.51. The third kappa shape index (κ3) is 2.82. The zero-order valence-corrected chi connectivity index (χ0v) is 12.3. The average molecular weight is 290 g/mol. The molecule has 3 atom stereocenters. The van der Waals surface area contributed by atoms with Crippen molar-refractivity contribution in [1.29, 1.82) is 0 Å². The summed E-state index contributed by atoms with van der Waals surface area (Å²) in [6, 6.07) is 7.12. The number of benzene rings is 1. The molecule has 1 aromatic carbocycles. The summed E-state index contributed by atoms with van der Waals surface area (Å²) in [5, 5.41) is 0. The fraction of sp³-hybridized carbons (Fsp3) is 0.438. The second kappa shape index (κ2) is 6.08. The minimum atomic E-state index is -0.523. The Morgan fingerprint density at radius 3 is 2.05 bits per heavy atom. The number of ketones is 1. The van der Waals surface area contributed by atoms with Crippen molar-refractivity contribution in [2.45, 2.75) is 19.3 Å². The summed E-state index contributed by atoms with van der Waals surface area (Å²) in [7, 11) is 2.62. The Hall–Kier alpha value is -2.17. The topological polar surface area (TPSA) is 69.7 Å². The zero-order valence-electron chi connectivity index (χ0n) is 12.3. The van der Waals surface area contributed by atoms with E-state index in [0.29, 0.717) is 12.0 Å². The number of Topliss-reactive ketones (excluding diaryl/α,β-unsaturated/α-hetero) is 1. The molecule has 0 bridgehead atoms. The molecule has 0 heterocycles. The van der Waals surface area contributed by atoms with Crippen molar-refractivity contribution in [3.8, 4) is 0 Å². The number of hydrogen-bond donors (Lipinski definition) is 0. The van der Waals surface area contributed by atoms with E-state index in [0.717, 1.165) is 5.56 Å². The van der Waals surface area contributed by atoms with Crippen LogP contribution in [0.25, 0.3) is 0 Å². The van der Waals surface area contributed by atoms with Crippen LogP contribution in [0.3, 0.4) is 0 Å². The van der Waals surface area contributed by atoms with Crippen molar-refractivity contribution in [2.75, 3.05) is 14.2 Å². The molecule has 0 radical (unpaired) electrons. The second-order valence-electron chi connectivity index (χ2n) is 5.20. The second-order valence-corrected chi connectivity index (χ2v) is 5.20. The van der Waals surface area contributed by atoms with Gasteiger partial charge in [-0.15, -0.1) is 0 Å². The van der Waals surface area contributed by atoms with E-state index in [1.807, 2.05) is 12.1 Å². The summed E-state index contributed by atoms with van der Waals surface area (Å²) in [6.45, 7) is 1.50. The molecule has 1 fully saturated rings. The molecule has 0 amide bonds. The lowest BCUT2D eigenvalue weighted by Gasteiger charge is -2.41. The standard InChI is InChI=1S/C16H18O5/c1-9(17)10-4-6-11(7-5-10)12-8-13(15(18)20-2)14(12)16(19)21-3/h4-7,12-14H,8H2,1-3H3. The fourth-order valence-electron chi connectivity index (χ4n) is 2.82. The predicted octanol–water partition coefficient (Wildman–Crippen LogP) is 1.95. The van der Waals surface area contributed by atoms with Crippen molar-refractivity contribution in [3.63, 3.8) is 0 Å². The summed E-state index contributed by atoms with van der Waals surface area (Å²) in [4.78, 5) is 34.8. The Balaban J connectivity index is 2.21. The van der Waals surface area contributed by atoms with Crippen LogP contribution in [0, 0.1) is 11.8 Å². The number of ether oxygens (including phenoxy) is 2. The highest BCUT2D eigenvalue weighted by molar-refractivity contribution is 5.94. The molecule has 2 rings (SSSR count). The minimum Gasteiger partial charge on any atom is -0.469 e. The molecule has 5 heteroatoms. The molecule has 1 saturated carbocycles. The van der Waals surface area contributed by atoms with Gasteiger partial charge in [-0.2, -0.15) is 0 Å². The number of rotatable bonds is 4. The molecule has 0 spiro atoms. The number of methoxy groups -OCH3 is 2. The van der Waals surface area contributed by atoms with Crippen LogP contribution in [-0.4, -0.2) is 31.9 Å². The number of hydrogen-bond acceptors (Lipinski definition) is 5. The van der Waals surface area contributed by atoms with Crippen LogP contribution in [0.2, 0.25) is 0 Å². The molecular weight excluding hydrogens is 272 g/mol. The van der Waals surface area contributed by atoms with Gasteiger partial charge in [-0.05, 0) is 24.8 Å². The van der Waals surface area contributed by atoms with Crippen molar-refractivity contribution in [2.24, 2.45) is 11.8 Å². The predicted molar refractivity (Wildman–Crippen MR) is 74.8 cm³/mol. The lowest BCUT2D eigenvalue weighted by atomic mass is 9.62. The molecule has 0 N–H and O–H groups in total. The largest absolute Gasteiger partial charge is 0.469 e. The summed E-state index contributed by atoms with van der Waals surface area (Å²) in [5.41, 5.74) is 1.55. The summed E-state index contributed by atoms with van der Waals surface area (Å²) in [5.74, 6) is -1.86. The first-order chi connectivity index (χ1) is 9.99. The van der Waals surface area contributed by atoms with Crippen molar-refractivity contribution in [1.82, 2.24) is 0 Å². The van der Waals surface area contributed by atoms with Gasteiger partial charge in [-0.25, -0.2) is 0 Å². The fourth-order valence-corrected chi connectivity index (χ4v) is 2.82. The smallest absolute Gasteiger partial charge is 0.310 e. The van der Waals surface area contributed by atoms with Crippen molar-refractivity contribution < 1.29 is 23.9 Å². The zero-order chi connectivity index (χ0) is 15.6. The van der Waals surface area contributed by atoms with Gasteiger partial charge in [-0.3, -0.25) is 14.4 Å². The first-order valence-electron chi connectivity index (χ1n) is 6.76. The molecule has 0 aromatic heterocycles. The van der Waals surface area contributed by atoms with Gasteiger partial charge in [-0.1, -0.05) is 24.3 Å². The maximum atomic E-state index is 11.9. The van der Waals surface area contributed by atoms with E-state index in [2.05, 4.69) is 0 Å². The van der Waals surface area contributed by atoms with E-state index >= 15 is 0 Å². The number of carbonyl (C=O) groups is 3. The molecule has 1 aliphatic rings. The first kappa shape index (κ1) is 15.2. The van der Waals surface area contributed by atoms with E-state index in [9.17, 15) is 14.4 Å². The van der Waals surface area contributed by atoms with Crippen LogP contribution in [0.15, 0.2) is 24.3 Å². The van der Waals surface area contributed by atoms with E-state index in [-0.39, 0.29) is 17.7 Å². The van der Waals surface area contributed by atoms with Gasteiger partial charge >= 0.3 is 11.9 Å². The summed E-state index contributed by atoms with van der Waals surface area (Å²) in [6.07, 6.45) is 0.547. The number of carbonyl (C=O) groups excluding carboxylic acids is 3. The van der Waals surface area contributed by atoms with Crippen LogP contribution in [0.1, 0.15) is 35.2 Å². The van der Waals surface area contributed by atoms with E-state index in [1.54, 1.807) is 12.1 Å². The first-order valence-corrected chi connectivity index (χ1v) is 6.76. The molecule has 21 heavy (non-hydrogen) atoms. The Bertz CT molecular complexity index is 561. The summed E-state index contributed by atoms with van der Waals surface area (Å²) >= 11 is 0. The minimum absolute atomic E-state index is 0.00730. The van der Waals surface area contributed by atoms with Crippen LogP contribution in [-0.2, 0) is 19.1 Å². The Morgan fingerprint density at radius 2 is 1.57 bits per heavy atom. The Labute approximate surface area is 123 Å². The van der Waals surface area contributed by atoms with Crippen molar-refractivity contribution >= 4 is 17.7 Å². The molecule has 0 saturated heterocycles. The monoisotopic (exact) mass is 290 g/mol. The van der Waals surface area contributed by atoms with Gasteiger partial charge < -0.3 is 9.47 Å². The van der Waals surface area contributed by atoms with Gasteiger partial charge in [0.15, 0.2) is 5.78 Å². The van der Waals surface area contributed by atoms with Crippen LogP contribution in [0.4, 0.5) is 0 Å². The average Bonchev–Trinajstić information content (AvgIpc) is 2.46. The Morgan fingerprint density at radius 1 is 1.00 bits per heavy atom. The highest BCUT2D eigenvalue weighted by atomic mass is 16.5. The maximum absolute atomic E-state index is 11.9. The van der Waals surface area contributed by atoms with Crippen LogP contribution in [0.5, 0.6) is 0 Å². The maximum Gasteiger partial charge on any atom is 0.310 e. The molecule has 1 aliphatic carbocycles. The van der Waals surface area contributed by atoms with E-state index in [4.69, 9.17) is 9.47 Å². The normalized spacial score (nSPS) is 23.9. The van der Waals surface area contributed by atoms with Gasteiger partial charge in [0.2, 0.25) is 0 Å². The van der Waals surface area contributed by atoms with Gasteiger partial charge in [0, 0.05) is 5.56 Å². The SMILES string of the molecule is COC(=O)C1CC(c2ccc(C(C)=O)cc2)C1C(=O)OC. The third-order valence-electron chi connectivity index (χ3n) is 4.10. The van der Waals surface area contributed by atoms with Crippen molar-refractivity contribution in [3.05, 3.63) is 35.4 Å². The van der Waals surface area contributed by atoms with Gasteiger partial charge in [0.25, 0.3) is 0 Å². The lowest BCUT2D eigenvalue weighted by Crippen LogP contribution is -2.45. The molecule has 3 unspecified atom stereocenters. The lowest BCUT2D eigenvalue weighted by molar-refractivity contribution is -0.166. The molecule has 1 aromatic rings. The van der Waals surface area contributed by atoms with Gasteiger partial charge in [0.1, 0.15) is 0 Å². The third-order valence-corrected chi connectivity index (χ3v) is 4.10. The van der Waals surface area contributed by atoms with E-state index < -0.39 is 17.8 Å².